The Morgan fingerprint density at radius 2 is 2.00 bits per heavy atom. The van der Waals surface area contributed by atoms with Gasteiger partial charge in [0, 0.05) is 21.7 Å². The lowest BCUT2D eigenvalue weighted by molar-refractivity contribution is 0.0953. The molecule has 3 rings (SSSR count). The van der Waals surface area contributed by atoms with Gasteiger partial charge in [0.05, 0.1) is 18.2 Å². The first-order chi connectivity index (χ1) is 12.1. The Hall–Kier alpha value is -2.35. The van der Waals surface area contributed by atoms with Gasteiger partial charge < -0.3 is 15.0 Å². The highest BCUT2D eigenvalue weighted by Crippen LogP contribution is 2.18. The van der Waals surface area contributed by atoms with Gasteiger partial charge in [0.2, 0.25) is 0 Å². The fourth-order valence-electron chi connectivity index (χ4n) is 2.59. The molecule has 3 aromatic rings. The van der Waals surface area contributed by atoms with Crippen molar-refractivity contribution in [1.29, 1.82) is 0 Å². The molecule has 1 aromatic heterocycles. The molecule has 0 aliphatic heterocycles. The number of amides is 1. The zero-order valence-electron chi connectivity index (χ0n) is 13.6. The molecular weight excluding hydrogens is 431 g/mol. The smallest absolute Gasteiger partial charge is 0.252 e. The number of fused-ring (bicyclic) bond motifs is 1. The molecule has 128 valence electrons. The number of pyridine rings is 1. The van der Waals surface area contributed by atoms with Gasteiger partial charge in [0.1, 0.15) is 5.75 Å². The Morgan fingerprint density at radius 3 is 2.76 bits per heavy atom. The van der Waals surface area contributed by atoms with E-state index in [9.17, 15) is 9.59 Å². The normalized spacial score (nSPS) is 10.6. The molecule has 2 aromatic carbocycles. The molecule has 6 heteroatoms. The predicted molar refractivity (Wildman–Crippen MR) is 106 cm³/mol. The van der Waals surface area contributed by atoms with Gasteiger partial charge in [-0.2, -0.15) is 0 Å². The summed E-state index contributed by atoms with van der Waals surface area (Å²) in [5, 5.41) is 3.80. The molecule has 5 nitrogen and oxygen atoms in total. The molecule has 25 heavy (non-hydrogen) atoms. The van der Waals surface area contributed by atoms with Crippen LogP contribution in [0.4, 0.5) is 0 Å². The van der Waals surface area contributed by atoms with Crippen LogP contribution in [0.3, 0.4) is 0 Å². The molecule has 0 saturated carbocycles. The van der Waals surface area contributed by atoms with Crippen LogP contribution in [0.25, 0.3) is 10.9 Å². The number of hydrogen-bond donors (Lipinski definition) is 2. The van der Waals surface area contributed by atoms with Gasteiger partial charge >= 0.3 is 0 Å². The number of methoxy groups -OCH3 is 1. The highest BCUT2D eigenvalue weighted by molar-refractivity contribution is 14.1. The monoisotopic (exact) mass is 448 g/mol. The molecule has 0 atom stereocenters. The van der Waals surface area contributed by atoms with Crippen LogP contribution in [0.5, 0.6) is 5.75 Å². The SMILES string of the molecule is COc1ccc2cc(CCNC(=O)c3ccccc3I)c(=O)[nH]c2c1. The lowest BCUT2D eigenvalue weighted by Crippen LogP contribution is -2.28. The number of rotatable bonds is 5. The van der Waals surface area contributed by atoms with Crippen molar-refractivity contribution in [1.82, 2.24) is 10.3 Å². The Bertz CT molecular complexity index is 982. The average Bonchev–Trinajstić information content (AvgIpc) is 2.62. The van der Waals surface area contributed by atoms with Crippen LogP contribution in [0.15, 0.2) is 53.3 Å². The average molecular weight is 448 g/mol. The number of aromatic nitrogens is 1. The molecule has 1 heterocycles. The lowest BCUT2D eigenvalue weighted by Gasteiger charge is -2.08. The summed E-state index contributed by atoms with van der Waals surface area (Å²) in [6.45, 7) is 0.397. The number of ether oxygens (including phenoxy) is 1. The van der Waals surface area contributed by atoms with E-state index in [2.05, 4.69) is 32.9 Å². The Kier molecular flexibility index (Phi) is 5.37. The molecule has 0 saturated heterocycles. The van der Waals surface area contributed by atoms with Crippen molar-refractivity contribution in [3.63, 3.8) is 0 Å². The highest BCUT2D eigenvalue weighted by Gasteiger charge is 2.09. The van der Waals surface area contributed by atoms with Gasteiger partial charge in [-0.15, -0.1) is 0 Å². The third-order valence-electron chi connectivity index (χ3n) is 3.93. The summed E-state index contributed by atoms with van der Waals surface area (Å²) in [4.78, 5) is 27.3. The van der Waals surface area contributed by atoms with Crippen molar-refractivity contribution >= 4 is 39.4 Å². The van der Waals surface area contributed by atoms with E-state index < -0.39 is 0 Å². The van der Waals surface area contributed by atoms with Crippen molar-refractivity contribution in [3.8, 4) is 5.75 Å². The maximum Gasteiger partial charge on any atom is 0.252 e. The van der Waals surface area contributed by atoms with Gasteiger partial charge in [0.25, 0.3) is 11.5 Å². The number of carbonyl (C=O) groups is 1. The first-order valence-electron chi connectivity index (χ1n) is 7.81. The van der Waals surface area contributed by atoms with Gasteiger partial charge in [-0.25, -0.2) is 0 Å². The molecule has 1 amide bonds. The number of benzene rings is 2. The van der Waals surface area contributed by atoms with Crippen molar-refractivity contribution < 1.29 is 9.53 Å². The van der Waals surface area contributed by atoms with E-state index in [-0.39, 0.29) is 11.5 Å². The summed E-state index contributed by atoms with van der Waals surface area (Å²) in [7, 11) is 1.59. The molecule has 0 fully saturated rings. The van der Waals surface area contributed by atoms with E-state index in [0.717, 1.165) is 14.5 Å². The van der Waals surface area contributed by atoms with E-state index in [1.807, 2.05) is 36.4 Å². The highest BCUT2D eigenvalue weighted by atomic mass is 127. The van der Waals surface area contributed by atoms with Crippen LogP contribution < -0.4 is 15.6 Å². The second-order valence-electron chi connectivity index (χ2n) is 5.56. The molecule has 0 aliphatic rings. The molecule has 0 unspecified atom stereocenters. The summed E-state index contributed by atoms with van der Waals surface area (Å²) < 4.78 is 6.06. The van der Waals surface area contributed by atoms with Gasteiger partial charge in [-0.05, 0) is 64.7 Å². The van der Waals surface area contributed by atoms with E-state index in [1.54, 1.807) is 19.2 Å². The quantitative estimate of drug-likeness (QED) is 0.590. The summed E-state index contributed by atoms with van der Waals surface area (Å²) >= 11 is 2.13. The Balaban J connectivity index is 1.71. The molecule has 0 radical (unpaired) electrons. The van der Waals surface area contributed by atoms with E-state index >= 15 is 0 Å². The van der Waals surface area contributed by atoms with Gasteiger partial charge in [-0.3, -0.25) is 9.59 Å². The van der Waals surface area contributed by atoms with Crippen LogP contribution in [0, 0.1) is 3.57 Å². The summed E-state index contributed by atoms with van der Waals surface area (Å²) in [6, 6.07) is 14.8. The second kappa shape index (κ2) is 7.69. The topological polar surface area (TPSA) is 71.2 Å². The summed E-state index contributed by atoms with van der Waals surface area (Å²) in [5.41, 5.74) is 1.86. The first kappa shape index (κ1) is 17.5. The Labute approximate surface area is 158 Å². The van der Waals surface area contributed by atoms with Crippen molar-refractivity contribution in [3.05, 3.63) is 73.6 Å². The number of carbonyl (C=O) groups excluding carboxylic acids is 1. The lowest BCUT2D eigenvalue weighted by atomic mass is 10.1. The van der Waals surface area contributed by atoms with Gasteiger partial charge in [-0.1, -0.05) is 12.1 Å². The summed E-state index contributed by atoms with van der Waals surface area (Å²) in [5.74, 6) is 0.563. The van der Waals surface area contributed by atoms with E-state index in [1.165, 1.54) is 0 Å². The van der Waals surface area contributed by atoms with Gasteiger partial charge in [0.15, 0.2) is 0 Å². The molecule has 0 aliphatic carbocycles. The van der Waals surface area contributed by atoms with Crippen LogP contribution in [0.2, 0.25) is 0 Å². The van der Waals surface area contributed by atoms with Crippen molar-refractivity contribution in [2.24, 2.45) is 0 Å². The molecule has 2 N–H and O–H groups in total. The van der Waals surface area contributed by atoms with Crippen LogP contribution in [0.1, 0.15) is 15.9 Å². The first-order valence-corrected chi connectivity index (χ1v) is 8.89. The minimum atomic E-state index is -0.149. The van der Waals surface area contributed by atoms with E-state index in [4.69, 9.17) is 4.74 Å². The minimum absolute atomic E-state index is 0.132. The van der Waals surface area contributed by atoms with Crippen LogP contribution >= 0.6 is 22.6 Å². The fourth-order valence-corrected chi connectivity index (χ4v) is 3.22. The van der Waals surface area contributed by atoms with Crippen molar-refractivity contribution in [2.45, 2.75) is 6.42 Å². The molecular formula is C19H17IN2O3. The molecule has 0 bridgehead atoms. The fraction of sp³-hybridized carbons (Fsp3) is 0.158. The third kappa shape index (κ3) is 4.01. The van der Waals surface area contributed by atoms with Crippen LogP contribution in [-0.4, -0.2) is 24.5 Å². The number of nitrogens with one attached hydrogen (secondary N) is 2. The maximum absolute atomic E-state index is 12.2. The predicted octanol–water partition coefficient (Wildman–Crippen LogP) is 3.11. The third-order valence-corrected chi connectivity index (χ3v) is 4.87. The Morgan fingerprint density at radius 1 is 1.20 bits per heavy atom. The number of hydrogen-bond acceptors (Lipinski definition) is 3. The maximum atomic E-state index is 12.2. The largest absolute Gasteiger partial charge is 0.497 e. The minimum Gasteiger partial charge on any atom is -0.497 e. The number of halogens is 1. The number of H-pyrrole nitrogens is 1. The zero-order valence-corrected chi connectivity index (χ0v) is 15.8. The summed E-state index contributed by atoms with van der Waals surface area (Å²) in [6.07, 6.45) is 0.465. The van der Waals surface area contributed by atoms with Crippen LogP contribution in [-0.2, 0) is 6.42 Å². The standard InChI is InChI=1S/C19H17IN2O3/c1-25-14-7-6-12-10-13(18(23)22-17(12)11-14)8-9-21-19(24)15-4-2-3-5-16(15)20/h2-7,10-11H,8-9H2,1H3,(H,21,24)(H,22,23). The molecule has 0 spiro atoms. The number of aromatic amines is 1. The van der Waals surface area contributed by atoms with E-state index in [0.29, 0.717) is 29.8 Å². The second-order valence-corrected chi connectivity index (χ2v) is 6.72. The zero-order chi connectivity index (χ0) is 17.8. The van der Waals surface area contributed by atoms with Crippen molar-refractivity contribution in [2.75, 3.05) is 13.7 Å².